The predicted molar refractivity (Wildman–Crippen MR) is 126 cm³/mol. The number of pyridine rings is 1. The maximum atomic E-state index is 12.7. The van der Waals surface area contributed by atoms with Crippen LogP contribution in [0.15, 0.2) is 60.7 Å². The number of fused-ring (bicyclic) bond motifs is 1. The van der Waals surface area contributed by atoms with Crippen LogP contribution in [0, 0.1) is 6.92 Å². The molecule has 0 aliphatic rings. The van der Waals surface area contributed by atoms with Gasteiger partial charge in [0.25, 0.3) is 5.91 Å². The van der Waals surface area contributed by atoms with E-state index < -0.39 is 0 Å². The van der Waals surface area contributed by atoms with Gasteiger partial charge in [-0.3, -0.25) is 4.79 Å². The fraction of sp³-hybridized carbons (Fsp3) is 0.240. The summed E-state index contributed by atoms with van der Waals surface area (Å²) in [7, 11) is 0. The second-order valence-electron chi connectivity index (χ2n) is 7.60. The molecule has 0 saturated carbocycles. The van der Waals surface area contributed by atoms with Gasteiger partial charge in [0, 0.05) is 6.42 Å². The normalized spacial score (nSPS) is 11.1. The third-order valence-electron chi connectivity index (χ3n) is 5.29. The topological polar surface area (TPSA) is 59.8 Å². The SMILES string of the molecule is CCCCc1nc2cc(NC(=O)c3ccccc3Cl)c(C)nc2n1Cc1ccccc1. The van der Waals surface area contributed by atoms with Crippen LogP contribution in [-0.2, 0) is 13.0 Å². The number of nitrogens with one attached hydrogen (secondary N) is 1. The van der Waals surface area contributed by atoms with Gasteiger partial charge in [0.1, 0.15) is 11.3 Å². The van der Waals surface area contributed by atoms with Crippen molar-refractivity contribution >= 4 is 34.4 Å². The summed E-state index contributed by atoms with van der Waals surface area (Å²) in [6.07, 6.45) is 3.05. The van der Waals surface area contributed by atoms with Crippen molar-refractivity contribution in [3.63, 3.8) is 0 Å². The van der Waals surface area contributed by atoms with E-state index >= 15 is 0 Å². The molecule has 2 aromatic carbocycles. The third-order valence-corrected chi connectivity index (χ3v) is 5.62. The van der Waals surface area contributed by atoms with Gasteiger partial charge in [-0.05, 0) is 37.1 Å². The van der Waals surface area contributed by atoms with Crippen LogP contribution in [0.2, 0.25) is 5.02 Å². The number of imidazole rings is 1. The monoisotopic (exact) mass is 432 g/mol. The van der Waals surface area contributed by atoms with Crippen LogP contribution in [0.25, 0.3) is 11.2 Å². The van der Waals surface area contributed by atoms with E-state index in [9.17, 15) is 4.79 Å². The standard InChI is InChI=1S/C25H25ClN4O/c1-3-4-14-23-28-22-15-21(29-25(31)19-12-8-9-13-20(19)26)17(2)27-24(22)30(23)16-18-10-6-5-7-11-18/h5-13,15H,3-4,14,16H2,1-2H3,(H,29,31). The number of hydrogen-bond acceptors (Lipinski definition) is 3. The van der Waals surface area contributed by atoms with Crippen LogP contribution in [0.3, 0.4) is 0 Å². The van der Waals surface area contributed by atoms with Gasteiger partial charge in [0.2, 0.25) is 0 Å². The molecule has 0 spiro atoms. The summed E-state index contributed by atoms with van der Waals surface area (Å²) < 4.78 is 2.19. The Labute approximate surface area is 187 Å². The van der Waals surface area contributed by atoms with Crippen LogP contribution < -0.4 is 5.32 Å². The number of halogens is 1. The lowest BCUT2D eigenvalue weighted by Crippen LogP contribution is -2.14. The number of amides is 1. The van der Waals surface area contributed by atoms with Crippen molar-refractivity contribution in [1.29, 1.82) is 0 Å². The van der Waals surface area contributed by atoms with Crippen LogP contribution in [0.1, 0.15) is 47.2 Å². The summed E-state index contributed by atoms with van der Waals surface area (Å²) >= 11 is 6.18. The molecule has 1 amide bonds. The highest BCUT2D eigenvalue weighted by molar-refractivity contribution is 6.34. The first-order valence-corrected chi connectivity index (χ1v) is 10.9. The molecule has 0 atom stereocenters. The van der Waals surface area contributed by atoms with E-state index in [1.807, 2.05) is 31.2 Å². The van der Waals surface area contributed by atoms with E-state index in [0.29, 0.717) is 22.8 Å². The van der Waals surface area contributed by atoms with Gasteiger partial charge in [0.05, 0.1) is 28.5 Å². The molecule has 4 rings (SSSR count). The first-order chi connectivity index (χ1) is 15.1. The molecule has 0 bridgehead atoms. The van der Waals surface area contributed by atoms with E-state index in [2.05, 4.69) is 28.9 Å². The first-order valence-electron chi connectivity index (χ1n) is 10.5. The number of carbonyl (C=O) groups is 1. The maximum Gasteiger partial charge on any atom is 0.257 e. The van der Waals surface area contributed by atoms with Crippen molar-refractivity contribution in [3.8, 4) is 0 Å². The van der Waals surface area contributed by atoms with Gasteiger partial charge < -0.3 is 9.88 Å². The number of benzene rings is 2. The number of hydrogen-bond donors (Lipinski definition) is 1. The molecular weight excluding hydrogens is 408 g/mol. The van der Waals surface area contributed by atoms with Crippen molar-refractivity contribution in [2.24, 2.45) is 0 Å². The molecule has 0 radical (unpaired) electrons. The summed E-state index contributed by atoms with van der Waals surface area (Å²) in [5.74, 6) is 0.756. The lowest BCUT2D eigenvalue weighted by Gasteiger charge is -2.11. The lowest BCUT2D eigenvalue weighted by molar-refractivity contribution is 0.102. The number of nitrogens with zero attached hydrogens (tertiary/aromatic N) is 3. The zero-order valence-electron chi connectivity index (χ0n) is 17.7. The number of aromatic nitrogens is 3. The van der Waals surface area contributed by atoms with Crippen molar-refractivity contribution < 1.29 is 4.79 Å². The molecule has 0 unspecified atom stereocenters. The Bertz CT molecular complexity index is 1220. The van der Waals surface area contributed by atoms with Crippen LogP contribution in [0.4, 0.5) is 5.69 Å². The molecular formula is C25H25ClN4O. The van der Waals surface area contributed by atoms with Gasteiger partial charge in [-0.15, -0.1) is 0 Å². The number of anilines is 1. The van der Waals surface area contributed by atoms with Crippen molar-refractivity contribution in [2.75, 3.05) is 5.32 Å². The Morgan fingerprint density at radius 1 is 1.06 bits per heavy atom. The van der Waals surface area contributed by atoms with Crippen LogP contribution in [-0.4, -0.2) is 20.4 Å². The average Bonchev–Trinajstić information content (AvgIpc) is 3.09. The number of rotatable bonds is 7. The average molecular weight is 433 g/mol. The first kappa shape index (κ1) is 21.1. The van der Waals surface area contributed by atoms with Crippen LogP contribution in [0.5, 0.6) is 0 Å². The molecule has 1 N–H and O–H groups in total. The Morgan fingerprint density at radius 2 is 1.81 bits per heavy atom. The Morgan fingerprint density at radius 3 is 2.55 bits per heavy atom. The van der Waals surface area contributed by atoms with Crippen molar-refractivity contribution in [3.05, 3.63) is 88.3 Å². The molecule has 2 heterocycles. The molecule has 4 aromatic rings. The van der Waals surface area contributed by atoms with E-state index in [1.165, 1.54) is 5.56 Å². The summed E-state index contributed by atoms with van der Waals surface area (Å²) in [6, 6.07) is 19.2. The van der Waals surface area contributed by atoms with Gasteiger partial charge in [-0.25, -0.2) is 9.97 Å². The van der Waals surface area contributed by atoms with E-state index in [1.54, 1.807) is 24.3 Å². The van der Waals surface area contributed by atoms with E-state index in [4.69, 9.17) is 21.6 Å². The molecule has 0 fully saturated rings. The number of aryl methyl sites for hydroxylation is 2. The predicted octanol–water partition coefficient (Wildman–Crippen LogP) is 6.04. The molecule has 0 aliphatic carbocycles. The molecule has 6 heteroatoms. The highest BCUT2D eigenvalue weighted by atomic mass is 35.5. The third kappa shape index (κ3) is 4.62. The minimum absolute atomic E-state index is 0.259. The highest BCUT2D eigenvalue weighted by Crippen LogP contribution is 2.25. The molecule has 0 aliphatic heterocycles. The zero-order chi connectivity index (χ0) is 21.8. The summed E-state index contributed by atoms with van der Waals surface area (Å²) in [6.45, 7) is 4.79. The Hall–Kier alpha value is -3.18. The summed E-state index contributed by atoms with van der Waals surface area (Å²) in [5, 5.41) is 3.36. The number of carbonyl (C=O) groups excluding carboxylic acids is 1. The molecule has 0 saturated heterocycles. The van der Waals surface area contributed by atoms with Crippen molar-refractivity contribution in [2.45, 2.75) is 39.7 Å². The van der Waals surface area contributed by atoms with Crippen LogP contribution >= 0.6 is 11.6 Å². The second-order valence-corrected chi connectivity index (χ2v) is 8.01. The molecule has 158 valence electrons. The van der Waals surface area contributed by atoms with E-state index in [-0.39, 0.29) is 5.91 Å². The fourth-order valence-corrected chi connectivity index (χ4v) is 3.83. The minimum Gasteiger partial charge on any atom is -0.320 e. The molecule has 2 aromatic heterocycles. The van der Waals surface area contributed by atoms with Gasteiger partial charge in [-0.1, -0.05) is 67.4 Å². The van der Waals surface area contributed by atoms with E-state index in [0.717, 1.165) is 41.9 Å². The Kier molecular flexibility index (Phi) is 6.33. The second kappa shape index (κ2) is 9.31. The largest absolute Gasteiger partial charge is 0.320 e. The highest BCUT2D eigenvalue weighted by Gasteiger charge is 2.17. The van der Waals surface area contributed by atoms with Gasteiger partial charge in [-0.2, -0.15) is 0 Å². The maximum absolute atomic E-state index is 12.7. The number of unbranched alkanes of at least 4 members (excludes halogenated alkanes) is 1. The lowest BCUT2D eigenvalue weighted by atomic mass is 10.2. The minimum atomic E-state index is -0.259. The van der Waals surface area contributed by atoms with Gasteiger partial charge >= 0.3 is 0 Å². The zero-order valence-corrected chi connectivity index (χ0v) is 18.5. The quantitative estimate of drug-likeness (QED) is 0.387. The Balaban J connectivity index is 1.71. The van der Waals surface area contributed by atoms with Gasteiger partial charge in [0.15, 0.2) is 5.65 Å². The molecule has 31 heavy (non-hydrogen) atoms. The smallest absolute Gasteiger partial charge is 0.257 e. The summed E-state index contributed by atoms with van der Waals surface area (Å²) in [4.78, 5) is 22.4. The van der Waals surface area contributed by atoms with Crippen molar-refractivity contribution in [1.82, 2.24) is 14.5 Å². The summed E-state index contributed by atoms with van der Waals surface area (Å²) in [5.41, 5.74) is 4.63. The fourth-order valence-electron chi connectivity index (χ4n) is 3.60. The molecule has 5 nitrogen and oxygen atoms in total.